The van der Waals surface area contributed by atoms with E-state index in [-0.39, 0.29) is 19.8 Å². The average Bonchev–Trinajstić information content (AvgIpc) is 2.58. The van der Waals surface area contributed by atoms with Crippen molar-refractivity contribution in [3.8, 4) is 0 Å². The van der Waals surface area contributed by atoms with E-state index in [0.717, 1.165) is 12.1 Å². The molecule has 0 fully saturated rings. The molecule has 0 saturated carbocycles. The van der Waals surface area contributed by atoms with Crippen molar-refractivity contribution in [1.29, 1.82) is 0 Å². The Kier molecular flexibility index (Phi) is 9.14. The Morgan fingerprint density at radius 1 is 1.00 bits per heavy atom. The van der Waals surface area contributed by atoms with Gasteiger partial charge in [0, 0.05) is 5.54 Å². The summed E-state index contributed by atoms with van der Waals surface area (Å²) < 4.78 is 68.6. The maximum Gasteiger partial charge on any atom is 0.416 e. The summed E-state index contributed by atoms with van der Waals surface area (Å²) in [5.41, 5.74) is -2.20. The predicted octanol–water partition coefficient (Wildman–Crippen LogP) is 5.86. The van der Waals surface area contributed by atoms with E-state index in [0.29, 0.717) is 5.56 Å². The van der Waals surface area contributed by atoms with Gasteiger partial charge in [0.25, 0.3) is 0 Å². The molecule has 0 amide bonds. The van der Waals surface area contributed by atoms with Crippen LogP contribution < -0.4 is 0 Å². The van der Waals surface area contributed by atoms with E-state index in [1.165, 1.54) is 12.1 Å². The van der Waals surface area contributed by atoms with Crippen molar-refractivity contribution in [3.05, 3.63) is 35.4 Å². The lowest BCUT2D eigenvalue weighted by molar-refractivity contribution is -0.143. The molecule has 0 heterocycles. The first-order chi connectivity index (χ1) is 13.3. The number of hydrogen-bond donors (Lipinski definition) is 0. The highest BCUT2D eigenvalue weighted by Gasteiger charge is 2.52. The van der Waals surface area contributed by atoms with Crippen LogP contribution in [-0.4, -0.2) is 39.5 Å². The zero-order valence-electron chi connectivity index (χ0n) is 17.7. The Morgan fingerprint density at radius 3 is 1.83 bits per heavy atom. The van der Waals surface area contributed by atoms with Crippen molar-refractivity contribution in [3.63, 3.8) is 0 Å². The van der Waals surface area contributed by atoms with Crippen LogP contribution in [0.2, 0.25) is 19.6 Å². The van der Waals surface area contributed by atoms with Crippen LogP contribution in [0.3, 0.4) is 0 Å². The van der Waals surface area contributed by atoms with E-state index in [4.69, 9.17) is 13.8 Å². The van der Waals surface area contributed by atoms with E-state index >= 15 is 0 Å². The van der Waals surface area contributed by atoms with Crippen molar-refractivity contribution >= 4 is 21.6 Å². The Labute approximate surface area is 171 Å². The second-order valence-corrected chi connectivity index (χ2v) is 15.0. The number of halogens is 3. The number of benzene rings is 1. The van der Waals surface area contributed by atoms with Crippen LogP contribution in [0.1, 0.15) is 37.4 Å². The molecular weight excluding hydrogens is 424 g/mol. The summed E-state index contributed by atoms with van der Waals surface area (Å²) in [5, 5.41) is 0. The molecule has 2 unspecified atom stereocenters. The van der Waals surface area contributed by atoms with Crippen LogP contribution in [-0.2, 0) is 29.3 Å². The first-order valence-corrected chi connectivity index (χ1v) is 14.7. The van der Waals surface area contributed by atoms with Gasteiger partial charge in [0.2, 0.25) is 0 Å². The molecule has 0 radical (unpaired) electrons. The van der Waals surface area contributed by atoms with E-state index < -0.39 is 44.6 Å². The molecule has 166 valence electrons. The SMILES string of the molecule is CCOC(=O)C(C(c1ccc(C(F)(F)F)cc1)[Si](C)(C)C)P(=O)(OCC)OCC. The van der Waals surface area contributed by atoms with Gasteiger partial charge in [0.05, 0.1) is 33.5 Å². The Bertz CT molecular complexity index is 706. The predicted molar refractivity (Wildman–Crippen MR) is 109 cm³/mol. The number of rotatable bonds is 10. The minimum absolute atomic E-state index is 0.0542. The molecule has 0 saturated heterocycles. The summed E-state index contributed by atoms with van der Waals surface area (Å²) in [6, 6.07) is 4.61. The summed E-state index contributed by atoms with van der Waals surface area (Å²) in [5.74, 6) is -0.731. The topological polar surface area (TPSA) is 61.8 Å². The number of ether oxygens (including phenoxy) is 1. The summed E-state index contributed by atoms with van der Waals surface area (Å²) in [6.45, 7) is 10.9. The molecule has 5 nitrogen and oxygen atoms in total. The van der Waals surface area contributed by atoms with Gasteiger partial charge in [-0.15, -0.1) is 0 Å². The lowest BCUT2D eigenvalue weighted by Gasteiger charge is -2.37. The minimum atomic E-state index is -4.47. The average molecular weight is 454 g/mol. The maximum atomic E-state index is 13.6. The van der Waals surface area contributed by atoms with Gasteiger partial charge < -0.3 is 13.8 Å². The maximum absolute atomic E-state index is 13.6. The van der Waals surface area contributed by atoms with Crippen LogP contribution in [0.25, 0.3) is 0 Å². The fourth-order valence-corrected chi connectivity index (χ4v) is 9.42. The summed E-state index contributed by atoms with van der Waals surface area (Å²) >= 11 is 0. The fourth-order valence-electron chi connectivity index (χ4n) is 3.27. The minimum Gasteiger partial charge on any atom is -0.465 e. The highest BCUT2D eigenvalue weighted by Crippen LogP contribution is 2.59. The van der Waals surface area contributed by atoms with Gasteiger partial charge in [-0.05, 0) is 38.5 Å². The van der Waals surface area contributed by atoms with Crippen LogP contribution in [0, 0.1) is 0 Å². The monoisotopic (exact) mass is 454 g/mol. The normalized spacial score (nSPS) is 15.1. The molecular formula is C19H30F3O5PSi. The van der Waals surface area contributed by atoms with Crippen molar-refractivity contribution < 1.29 is 36.3 Å². The zero-order valence-corrected chi connectivity index (χ0v) is 19.6. The molecule has 0 aliphatic rings. The molecule has 0 aliphatic heterocycles. The summed E-state index contributed by atoms with van der Waals surface area (Å²) in [7, 11) is -6.27. The molecule has 0 aromatic heterocycles. The van der Waals surface area contributed by atoms with Gasteiger partial charge in [-0.25, -0.2) is 0 Å². The second kappa shape index (κ2) is 10.2. The molecule has 10 heteroatoms. The molecule has 0 bridgehead atoms. The highest BCUT2D eigenvalue weighted by molar-refractivity contribution is 7.56. The van der Waals surface area contributed by atoms with Gasteiger partial charge in [-0.2, -0.15) is 13.2 Å². The molecule has 2 atom stereocenters. The quantitative estimate of drug-likeness (QED) is 0.252. The van der Waals surface area contributed by atoms with Crippen LogP contribution in [0.4, 0.5) is 13.2 Å². The standard InChI is InChI=1S/C19H30F3O5PSi/c1-7-25-18(23)16(28(24,26-8-2)27-9-3)17(29(4,5)6)14-10-12-15(13-11-14)19(20,21)22/h10-13,16-17H,7-9H2,1-6H3. The third-order valence-corrected chi connectivity index (χ3v) is 9.57. The number of carbonyl (C=O) groups is 1. The molecule has 29 heavy (non-hydrogen) atoms. The van der Waals surface area contributed by atoms with E-state index in [1.807, 2.05) is 19.6 Å². The first kappa shape index (κ1) is 25.9. The van der Waals surface area contributed by atoms with Crippen LogP contribution >= 0.6 is 7.60 Å². The lowest BCUT2D eigenvalue weighted by atomic mass is 10.1. The number of esters is 1. The smallest absolute Gasteiger partial charge is 0.416 e. The number of alkyl halides is 3. The van der Waals surface area contributed by atoms with E-state index in [9.17, 15) is 22.5 Å². The van der Waals surface area contributed by atoms with Crippen molar-refractivity contribution in [2.45, 2.75) is 57.8 Å². The summed E-state index contributed by atoms with van der Waals surface area (Å²) in [4.78, 5) is 12.9. The Hall–Kier alpha value is -1.15. The van der Waals surface area contributed by atoms with Crippen LogP contribution in [0.5, 0.6) is 0 Å². The molecule has 0 aliphatic carbocycles. The van der Waals surface area contributed by atoms with E-state index in [2.05, 4.69) is 0 Å². The Balaban J connectivity index is 3.63. The van der Waals surface area contributed by atoms with Gasteiger partial charge >= 0.3 is 19.7 Å². The van der Waals surface area contributed by atoms with Gasteiger partial charge in [-0.3, -0.25) is 9.36 Å². The fraction of sp³-hybridized carbons (Fsp3) is 0.632. The van der Waals surface area contributed by atoms with Crippen molar-refractivity contribution in [2.75, 3.05) is 19.8 Å². The van der Waals surface area contributed by atoms with Crippen molar-refractivity contribution in [1.82, 2.24) is 0 Å². The highest BCUT2D eigenvalue weighted by atomic mass is 31.2. The first-order valence-electron chi connectivity index (χ1n) is 9.54. The summed E-state index contributed by atoms with van der Waals surface area (Å²) in [6.07, 6.45) is -4.47. The molecule has 0 N–H and O–H groups in total. The van der Waals surface area contributed by atoms with E-state index in [1.54, 1.807) is 20.8 Å². The second-order valence-electron chi connectivity index (χ2n) is 7.54. The van der Waals surface area contributed by atoms with Gasteiger partial charge in [0.15, 0.2) is 5.66 Å². The molecule has 1 rings (SSSR count). The molecule has 0 spiro atoms. The van der Waals surface area contributed by atoms with Crippen LogP contribution in [0.15, 0.2) is 24.3 Å². The van der Waals surface area contributed by atoms with Gasteiger partial charge in [-0.1, -0.05) is 31.8 Å². The number of carbonyl (C=O) groups excluding carboxylic acids is 1. The number of hydrogen-bond acceptors (Lipinski definition) is 5. The zero-order chi connectivity index (χ0) is 22.5. The van der Waals surface area contributed by atoms with Gasteiger partial charge in [0.1, 0.15) is 0 Å². The third kappa shape index (κ3) is 6.67. The lowest BCUT2D eigenvalue weighted by Crippen LogP contribution is -2.44. The Morgan fingerprint density at radius 2 is 1.48 bits per heavy atom. The molecule has 1 aromatic rings. The third-order valence-electron chi connectivity index (χ3n) is 4.33. The largest absolute Gasteiger partial charge is 0.465 e. The molecule has 1 aromatic carbocycles. The van der Waals surface area contributed by atoms with Crippen molar-refractivity contribution in [2.24, 2.45) is 0 Å².